The molecule has 1 fully saturated rings. The van der Waals surface area contributed by atoms with Gasteiger partial charge >= 0.3 is 5.69 Å². The summed E-state index contributed by atoms with van der Waals surface area (Å²) >= 11 is 5.74. The number of nitrogens with zero attached hydrogens (tertiary/aromatic N) is 2. The smallest absolute Gasteiger partial charge is 0.312 e. The second-order valence-electron chi connectivity index (χ2n) is 5.11. The van der Waals surface area contributed by atoms with Crippen molar-refractivity contribution >= 4 is 35.6 Å². The van der Waals surface area contributed by atoms with Crippen LogP contribution >= 0.6 is 24.0 Å². The van der Waals surface area contributed by atoms with Gasteiger partial charge in [-0.1, -0.05) is 11.6 Å². The van der Waals surface area contributed by atoms with Crippen molar-refractivity contribution in [1.29, 1.82) is 0 Å². The van der Waals surface area contributed by atoms with Crippen molar-refractivity contribution in [3.63, 3.8) is 0 Å². The molecule has 9 heteroatoms. The van der Waals surface area contributed by atoms with E-state index in [0.29, 0.717) is 6.54 Å². The minimum Gasteiger partial charge on any atom is -0.486 e. The summed E-state index contributed by atoms with van der Waals surface area (Å²) in [5.74, 6) is 0.112. The zero-order chi connectivity index (χ0) is 16.1. The Hall–Kier alpha value is -1.57. The fourth-order valence-corrected chi connectivity index (χ4v) is 2.53. The van der Waals surface area contributed by atoms with Crippen molar-refractivity contribution in [2.24, 2.45) is 0 Å². The maximum atomic E-state index is 12.1. The van der Waals surface area contributed by atoms with Crippen molar-refractivity contribution in [3.8, 4) is 5.75 Å². The molecule has 1 aromatic carbocycles. The van der Waals surface area contributed by atoms with E-state index in [4.69, 9.17) is 16.3 Å². The van der Waals surface area contributed by atoms with Crippen molar-refractivity contribution in [2.45, 2.75) is 19.4 Å². The lowest BCUT2D eigenvalue weighted by Crippen LogP contribution is -2.52. The van der Waals surface area contributed by atoms with Crippen molar-refractivity contribution in [3.05, 3.63) is 33.3 Å². The molecule has 2 rings (SSSR count). The van der Waals surface area contributed by atoms with Gasteiger partial charge in [0.15, 0.2) is 5.75 Å². The number of piperazine rings is 1. The molecule has 1 aliphatic rings. The minimum atomic E-state index is -0.554. The maximum absolute atomic E-state index is 12.1. The third kappa shape index (κ3) is 5.23. The predicted octanol–water partition coefficient (Wildman–Crippen LogP) is 2.26. The number of nitro groups is 1. The van der Waals surface area contributed by atoms with Gasteiger partial charge in [-0.3, -0.25) is 14.9 Å². The number of hydrogen-bond acceptors (Lipinski definition) is 5. The first kappa shape index (κ1) is 19.5. The lowest BCUT2D eigenvalue weighted by atomic mass is 10.2. The summed E-state index contributed by atoms with van der Waals surface area (Å²) in [6.07, 6.45) is 0.185. The van der Waals surface area contributed by atoms with Crippen LogP contribution in [0, 0.1) is 10.1 Å². The van der Waals surface area contributed by atoms with Crippen LogP contribution in [0.3, 0.4) is 0 Å². The van der Waals surface area contributed by atoms with E-state index in [9.17, 15) is 14.9 Å². The van der Waals surface area contributed by atoms with E-state index < -0.39 is 4.92 Å². The molecule has 1 aromatic rings. The number of amides is 1. The highest BCUT2D eigenvalue weighted by molar-refractivity contribution is 6.30. The number of nitro benzene ring substituents is 1. The van der Waals surface area contributed by atoms with Crippen molar-refractivity contribution in [2.75, 3.05) is 26.2 Å². The van der Waals surface area contributed by atoms with Crippen molar-refractivity contribution in [1.82, 2.24) is 10.2 Å². The topological polar surface area (TPSA) is 84.7 Å². The van der Waals surface area contributed by atoms with Crippen LogP contribution in [0.2, 0.25) is 5.02 Å². The molecule has 0 bridgehead atoms. The van der Waals surface area contributed by atoms with Gasteiger partial charge < -0.3 is 15.0 Å². The summed E-state index contributed by atoms with van der Waals surface area (Å²) in [4.78, 5) is 24.3. The molecule has 0 radical (unpaired) electrons. The fourth-order valence-electron chi connectivity index (χ4n) is 2.36. The first-order valence-corrected chi connectivity index (χ1v) is 7.43. The molecule has 1 heterocycles. The fraction of sp³-hybridized carbons (Fsp3) is 0.500. The number of hydrogen-bond donors (Lipinski definition) is 1. The molecule has 0 aromatic heterocycles. The van der Waals surface area contributed by atoms with Gasteiger partial charge in [0, 0.05) is 36.8 Å². The zero-order valence-electron chi connectivity index (χ0n) is 12.7. The predicted molar refractivity (Wildman–Crippen MR) is 89.5 cm³/mol. The number of ether oxygens (including phenoxy) is 1. The quantitative estimate of drug-likeness (QED) is 0.640. The molecule has 0 aliphatic carbocycles. The van der Waals surface area contributed by atoms with Gasteiger partial charge in [0.2, 0.25) is 5.91 Å². The minimum absolute atomic E-state index is 0. The van der Waals surface area contributed by atoms with Crippen LogP contribution in [0.5, 0.6) is 5.75 Å². The summed E-state index contributed by atoms with van der Waals surface area (Å²) in [5.41, 5.74) is -0.199. The molecule has 1 saturated heterocycles. The molecule has 7 nitrogen and oxygen atoms in total. The maximum Gasteiger partial charge on any atom is 0.312 e. The Morgan fingerprint density at radius 1 is 1.57 bits per heavy atom. The van der Waals surface area contributed by atoms with Gasteiger partial charge in [0.1, 0.15) is 0 Å². The average molecular weight is 364 g/mol. The molecular weight excluding hydrogens is 345 g/mol. The van der Waals surface area contributed by atoms with Crippen LogP contribution < -0.4 is 10.1 Å². The number of halogens is 2. The van der Waals surface area contributed by atoms with E-state index in [2.05, 4.69) is 5.32 Å². The molecule has 1 amide bonds. The van der Waals surface area contributed by atoms with Crippen molar-refractivity contribution < 1.29 is 14.5 Å². The highest BCUT2D eigenvalue weighted by atomic mass is 35.5. The van der Waals surface area contributed by atoms with Gasteiger partial charge in [0.25, 0.3) is 0 Å². The summed E-state index contributed by atoms with van der Waals surface area (Å²) in [6, 6.07) is 4.34. The third-order valence-corrected chi connectivity index (χ3v) is 3.75. The standard InChI is InChI=1S/C14H18ClN3O4.ClH/c1-10-9-16-5-6-17(10)14(19)4-7-22-13-3-2-11(15)8-12(13)18(20)21;/h2-3,8,10,16H,4-7,9H2,1H3;1H. The van der Waals surface area contributed by atoms with E-state index in [1.165, 1.54) is 18.2 Å². The first-order chi connectivity index (χ1) is 10.5. The normalized spacial score (nSPS) is 17.3. The monoisotopic (exact) mass is 363 g/mol. The molecule has 1 aliphatic heterocycles. The van der Waals surface area contributed by atoms with Crippen LogP contribution in [0.4, 0.5) is 5.69 Å². The highest BCUT2D eigenvalue weighted by Crippen LogP contribution is 2.29. The molecule has 128 valence electrons. The van der Waals surface area contributed by atoms with Crippen LogP contribution in [0.25, 0.3) is 0 Å². The van der Waals surface area contributed by atoms with E-state index in [-0.39, 0.29) is 53.8 Å². The summed E-state index contributed by atoms with van der Waals surface area (Å²) in [5, 5.41) is 14.4. The molecule has 1 atom stereocenters. The Kier molecular flexibility index (Phi) is 7.54. The van der Waals surface area contributed by atoms with Gasteiger partial charge in [-0.2, -0.15) is 0 Å². The third-order valence-electron chi connectivity index (χ3n) is 3.51. The Morgan fingerprint density at radius 2 is 2.30 bits per heavy atom. The van der Waals surface area contributed by atoms with E-state index in [1.54, 1.807) is 4.90 Å². The average Bonchev–Trinajstić information content (AvgIpc) is 2.48. The summed E-state index contributed by atoms with van der Waals surface area (Å²) < 4.78 is 5.39. The Balaban J connectivity index is 0.00000264. The SMILES string of the molecule is CC1CNCCN1C(=O)CCOc1ccc(Cl)cc1[N+](=O)[O-].Cl. The molecule has 1 N–H and O–H groups in total. The first-order valence-electron chi connectivity index (χ1n) is 7.06. The number of rotatable bonds is 5. The van der Waals surface area contributed by atoms with Crippen LogP contribution in [0.1, 0.15) is 13.3 Å². The van der Waals surface area contributed by atoms with Gasteiger partial charge in [-0.15, -0.1) is 12.4 Å². The lowest BCUT2D eigenvalue weighted by molar-refractivity contribution is -0.385. The Morgan fingerprint density at radius 3 is 2.96 bits per heavy atom. The second-order valence-corrected chi connectivity index (χ2v) is 5.54. The molecular formula is C14H19Cl2N3O4. The molecule has 0 spiro atoms. The number of benzene rings is 1. The molecule has 1 unspecified atom stereocenters. The summed E-state index contributed by atoms with van der Waals surface area (Å²) in [7, 11) is 0. The van der Waals surface area contributed by atoms with Crippen LogP contribution in [-0.2, 0) is 4.79 Å². The van der Waals surface area contributed by atoms with E-state index >= 15 is 0 Å². The zero-order valence-corrected chi connectivity index (χ0v) is 14.2. The second kappa shape index (κ2) is 8.90. The number of carbonyl (C=O) groups excluding carboxylic acids is 1. The van der Waals surface area contributed by atoms with Gasteiger partial charge in [-0.05, 0) is 19.1 Å². The van der Waals surface area contributed by atoms with E-state index in [1.807, 2.05) is 6.92 Å². The Labute approximate surface area is 145 Å². The molecule has 0 saturated carbocycles. The summed E-state index contributed by atoms with van der Waals surface area (Å²) in [6.45, 7) is 4.29. The Bertz CT molecular complexity index is 571. The lowest BCUT2D eigenvalue weighted by Gasteiger charge is -2.34. The van der Waals surface area contributed by atoms with Crippen LogP contribution in [-0.4, -0.2) is 48.0 Å². The van der Waals surface area contributed by atoms with Crippen LogP contribution in [0.15, 0.2) is 18.2 Å². The van der Waals surface area contributed by atoms with Gasteiger partial charge in [-0.25, -0.2) is 0 Å². The van der Waals surface area contributed by atoms with Gasteiger partial charge in [0.05, 0.1) is 18.0 Å². The highest BCUT2D eigenvalue weighted by Gasteiger charge is 2.23. The number of nitrogens with one attached hydrogen (secondary N) is 1. The largest absolute Gasteiger partial charge is 0.486 e. The van der Waals surface area contributed by atoms with E-state index in [0.717, 1.165) is 13.1 Å². The molecule has 23 heavy (non-hydrogen) atoms. The number of carbonyl (C=O) groups is 1.